The van der Waals surface area contributed by atoms with E-state index in [1.165, 1.54) is 25.2 Å². The Labute approximate surface area is 218 Å². The van der Waals surface area contributed by atoms with Crippen molar-refractivity contribution in [3.63, 3.8) is 0 Å². The molecule has 1 fully saturated rings. The minimum absolute atomic E-state index is 0.0246. The van der Waals surface area contributed by atoms with Crippen LogP contribution in [0.4, 0.5) is 0 Å². The number of pyridine rings is 1. The van der Waals surface area contributed by atoms with Crippen LogP contribution in [0.2, 0.25) is 10.0 Å². The van der Waals surface area contributed by atoms with Crippen molar-refractivity contribution >= 4 is 40.7 Å². The molecular weight excluding hydrogens is 503 g/mol. The molecule has 1 aliphatic rings. The van der Waals surface area contributed by atoms with E-state index in [0.29, 0.717) is 5.56 Å². The Hall–Kier alpha value is -3.55. The molecule has 1 atom stereocenters. The molecule has 0 aliphatic carbocycles. The van der Waals surface area contributed by atoms with Gasteiger partial charge < -0.3 is 19.5 Å². The highest BCUT2D eigenvalue weighted by molar-refractivity contribution is 6.47. The van der Waals surface area contributed by atoms with Gasteiger partial charge in [0.25, 0.3) is 11.7 Å². The van der Waals surface area contributed by atoms with Crippen LogP contribution < -0.4 is 9.47 Å². The van der Waals surface area contributed by atoms with Gasteiger partial charge in [0.05, 0.1) is 36.4 Å². The number of methoxy groups -OCH3 is 2. The van der Waals surface area contributed by atoms with Crippen LogP contribution in [0, 0.1) is 13.8 Å². The lowest BCUT2D eigenvalue weighted by molar-refractivity contribution is -0.140. The largest absolute Gasteiger partial charge is 0.507 e. The summed E-state index contributed by atoms with van der Waals surface area (Å²) in [6, 6.07) is 9.86. The molecule has 2 heterocycles. The summed E-state index contributed by atoms with van der Waals surface area (Å²) in [5.74, 6) is -1.83. The maximum absolute atomic E-state index is 13.4. The van der Waals surface area contributed by atoms with Gasteiger partial charge in [0.15, 0.2) is 11.5 Å². The first-order valence-electron chi connectivity index (χ1n) is 11.0. The highest BCUT2D eigenvalue weighted by Gasteiger charge is 2.46. The van der Waals surface area contributed by atoms with E-state index in [2.05, 4.69) is 4.98 Å². The van der Waals surface area contributed by atoms with Crippen LogP contribution in [0.1, 0.15) is 33.9 Å². The molecule has 186 valence electrons. The number of Topliss-reactive ketones (excluding diaryl/α,β-unsaturated/α-hetero) is 1. The molecule has 36 heavy (non-hydrogen) atoms. The normalized spacial score (nSPS) is 16.9. The Morgan fingerprint density at radius 1 is 1.08 bits per heavy atom. The van der Waals surface area contributed by atoms with E-state index in [0.717, 1.165) is 16.7 Å². The molecule has 7 nitrogen and oxygen atoms in total. The summed E-state index contributed by atoms with van der Waals surface area (Å²) >= 11 is 12.7. The molecule has 1 saturated heterocycles. The van der Waals surface area contributed by atoms with Crippen molar-refractivity contribution in [3.8, 4) is 11.5 Å². The first-order valence-corrected chi connectivity index (χ1v) is 11.8. The fourth-order valence-electron chi connectivity index (χ4n) is 4.37. The van der Waals surface area contributed by atoms with Crippen LogP contribution in [0.15, 0.2) is 54.4 Å². The van der Waals surface area contributed by atoms with Crippen molar-refractivity contribution in [2.24, 2.45) is 0 Å². The lowest BCUT2D eigenvalue weighted by Gasteiger charge is -2.26. The van der Waals surface area contributed by atoms with Gasteiger partial charge in [0.2, 0.25) is 0 Å². The van der Waals surface area contributed by atoms with Gasteiger partial charge >= 0.3 is 0 Å². The predicted molar refractivity (Wildman–Crippen MR) is 138 cm³/mol. The number of hydrogen-bond acceptors (Lipinski definition) is 6. The number of ketones is 1. The van der Waals surface area contributed by atoms with E-state index in [4.69, 9.17) is 32.7 Å². The number of halogens is 2. The molecule has 2 aromatic carbocycles. The molecule has 1 N–H and O–H groups in total. The van der Waals surface area contributed by atoms with Gasteiger partial charge in [0.1, 0.15) is 10.8 Å². The van der Waals surface area contributed by atoms with Gasteiger partial charge in [-0.05, 0) is 42.7 Å². The summed E-state index contributed by atoms with van der Waals surface area (Å²) in [6.07, 6.45) is 3.15. The molecule has 1 aromatic heterocycles. The molecule has 1 amide bonds. The summed E-state index contributed by atoms with van der Waals surface area (Å²) < 4.78 is 10.7. The Morgan fingerprint density at radius 2 is 1.81 bits per heavy atom. The van der Waals surface area contributed by atoms with Gasteiger partial charge in [-0.2, -0.15) is 0 Å². The molecule has 1 unspecified atom stereocenters. The average Bonchev–Trinajstić information content (AvgIpc) is 3.11. The number of nitrogens with zero attached hydrogens (tertiary/aromatic N) is 2. The monoisotopic (exact) mass is 526 g/mol. The molecule has 9 heteroatoms. The van der Waals surface area contributed by atoms with E-state index in [9.17, 15) is 14.7 Å². The molecule has 0 bridgehead atoms. The van der Waals surface area contributed by atoms with Crippen molar-refractivity contribution in [1.82, 2.24) is 9.88 Å². The number of likely N-dealkylation sites (tertiary alicyclic amines) is 1. The fraction of sp³-hybridized carbons (Fsp3) is 0.222. The van der Waals surface area contributed by atoms with Crippen LogP contribution in [-0.2, 0) is 16.1 Å². The Bertz CT molecular complexity index is 1390. The van der Waals surface area contributed by atoms with Gasteiger partial charge in [-0.15, -0.1) is 0 Å². The minimum Gasteiger partial charge on any atom is -0.507 e. The zero-order valence-electron chi connectivity index (χ0n) is 20.1. The Balaban J connectivity index is 1.94. The first-order chi connectivity index (χ1) is 17.2. The number of ether oxygens (including phenoxy) is 2. The third-order valence-corrected chi connectivity index (χ3v) is 6.80. The minimum atomic E-state index is -0.900. The second kappa shape index (κ2) is 10.2. The van der Waals surface area contributed by atoms with E-state index in [-0.39, 0.29) is 39.2 Å². The highest BCUT2D eigenvalue weighted by Crippen LogP contribution is 2.47. The summed E-state index contributed by atoms with van der Waals surface area (Å²) in [4.78, 5) is 32.3. The second-order valence-corrected chi connectivity index (χ2v) is 9.21. The molecule has 0 radical (unpaired) electrons. The van der Waals surface area contributed by atoms with Crippen molar-refractivity contribution in [3.05, 3.63) is 92.2 Å². The highest BCUT2D eigenvalue weighted by atomic mass is 35.5. The van der Waals surface area contributed by atoms with E-state index < -0.39 is 23.5 Å². The molecule has 0 spiro atoms. The number of aryl methyl sites for hydroxylation is 2. The lowest BCUT2D eigenvalue weighted by Crippen LogP contribution is -2.29. The van der Waals surface area contributed by atoms with Crippen LogP contribution in [0.25, 0.3) is 5.76 Å². The second-order valence-electron chi connectivity index (χ2n) is 8.43. The maximum atomic E-state index is 13.4. The van der Waals surface area contributed by atoms with Crippen LogP contribution >= 0.6 is 23.2 Å². The Morgan fingerprint density at radius 3 is 2.44 bits per heavy atom. The fourth-order valence-corrected chi connectivity index (χ4v) is 5.06. The first kappa shape index (κ1) is 25.5. The molecular formula is C27H24Cl2N2O5. The van der Waals surface area contributed by atoms with Crippen LogP contribution in [-0.4, -0.2) is 40.9 Å². The van der Waals surface area contributed by atoms with Crippen molar-refractivity contribution < 1.29 is 24.2 Å². The molecule has 3 aromatic rings. The van der Waals surface area contributed by atoms with Crippen molar-refractivity contribution in [2.75, 3.05) is 14.2 Å². The summed E-state index contributed by atoms with van der Waals surface area (Å²) in [7, 11) is 2.76. The quantitative estimate of drug-likeness (QED) is 0.254. The molecule has 0 saturated carbocycles. The standard InChI is InChI=1S/C27H24Cl2N2O5/c1-14-7-8-15(2)17(10-14)13-31-22(16-6-5-9-30-12-16)20(24(33)27(31)34)23(32)18-11-19(28)26(36-4)21(29)25(18)35-3/h5-12,22,32H,13H2,1-4H3/b23-20+. The van der Waals surface area contributed by atoms with E-state index >= 15 is 0 Å². The zero-order chi connectivity index (χ0) is 26.1. The number of benzene rings is 2. The van der Waals surface area contributed by atoms with Crippen LogP contribution in [0.5, 0.6) is 11.5 Å². The zero-order valence-corrected chi connectivity index (χ0v) is 21.6. The Kier molecular flexibility index (Phi) is 7.24. The van der Waals surface area contributed by atoms with E-state index in [1.54, 1.807) is 24.5 Å². The third kappa shape index (κ3) is 4.40. The number of aliphatic hydroxyl groups excluding tert-OH is 1. The predicted octanol–water partition coefficient (Wildman–Crippen LogP) is 5.64. The van der Waals surface area contributed by atoms with Gasteiger partial charge in [-0.25, -0.2) is 0 Å². The number of aromatic nitrogens is 1. The average molecular weight is 527 g/mol. The van der Waals surface area contributed by atoms with E-state index in [1.807, 2.05) is 32.0 Å². The van der Waals surface area contributed by atoms with Gasteiger partial charge in [-0.1, -0.05) is 53.0 Å². The molecule has 1 aliphatic heterocycles. The number of carbonyl (C=O) groups excluding carboxylic acids is 2. The summed E-state index contributed by atoms with van der Waals surface area (Å²) in [6.45, 7) is 4.06. The summed E-state index contributed by atoms with van der Waals surface area (Å²) in [5, 5.41) is 11.6. The van der Waals surface area contributed by atoms with Crippen molar-refractivity contribution in [1.29, 1.82) is 0 Å². The lowest BCUT2D eigenvalue weighted by atomic mass is 9.95. The van der Waals surface area contributed by atoms with Gasteiger partial charge in [-0.3, -0.25) is 14.6 Å². The smallest absolute Gasteiger partial charge is 0.295 e. The van der Waals surface area contributed by atoms with Crippen LogP contribution in [0.3, 0.4) is 0 Å². The number of carbonyl (C=O) groups is 2. The summed E-state index contributed by atoms with van der Waals surface area (Å²) in [5.41, 5.74) is 3.40. The SMILES string of the molecule is COc1c(Cl)cc(/C(O)=C2\C(=O)C(=O)N(Cc3cc(C)ccc3C)C2c2cccnc2)c(OC)c1Cl. The number of amides is 1. The number of rotatable bonds is 6. The third-order valence-electron chi connectivity index (χ3n) is 6.18. The number of hydrogen-bond donors (Lipinski definition) is 1. The van der Waals surface area contributed by atoms with Crippen molar-refractivity contribution in [2.45, 2.75) is 26.4 Å². The topological polar surface area (TPSA) is 89.0 Å². The number of aliphatic hydroxyl groups is 1. The van der Waals surface area contributed by atoms with Gasteiger partial charge in [0, 0.05) is 18.9 Å². The molecule has 4 rings (SSSR count). The maximum Gasteiger partial charge on any atom is 0.295 e.